The Labute approximate surface area is 200 Å². The van der Waals surface area contributed by atoms with Crippen LogP contribution < -0.4 is 15.9 Å². The van der Waals surface area contributed by atoms with E-state index in [1.54, 1.807) is 0 Å². The molecule has 4 nitrogen and oxygen atoms in total. The molecular weight excluding hydrogens is 443 g/mol. The predicted molar refractivity (Wildman–Crippen MR) is 138 cm³/mol. The summed E-state index contributed by atoms with van der Waals surface area (Å²) in [6.07, 6.45) is 0.667. The Hall–Kier alpha value is -3.75. The van der Waals surface area contributed by atoms with E-state index in [9.17, 15) is 9.59 Å². The molecule has 4 rings (SSSR count). The van der Waals surface area contributed by atoms with Crippen molar-refractivity contribution < 1.29 is 18.6 Å². The standard InChI is InChI=1S/C29H27O4P/c1-24(30)32-34(26-16-8-3-9-17-26,27-18-10-4-11-19-27,28-20-12-5-13-21-28)33-29(31)23-22-25-14-6-2-7-15-25/h2-21H,22-23H2,1H3. The van der Waals surface area contributed by atoms with Gasteiger partial charge in [0, 0.05) is 0 Å². The molecule has 4 aromatic rings. The third-order valence-corrected chi connectivity index (χ3v) is 10.6. The molecule has 4 aromatic carbocycles. The van der Waals surface area contributed by atoms with Gasteiger partial charge in [0.15, 0.2) is 0 Å². The maximum atomic E-state index is 13.6. The van der Waals surface area contributed by atoms with Gasteiger partial charge < -0.3 is 0 Å². The predicted octanol–water partition coefficient (Wildman–Crippen LogP) is 5.09. The second-order valence-electron chi connectivity index (χ2n) is 8.00. The Kier molecular flexibility index (Phi) is 6.90. The average molecular weight is 471 g/mol. The van der Waals surface area contributed by atoms with E-state index >= 15 is 0 Å². The third-order valence-electron chi connectivity index (χ3n) is 5.72. The van der Waals surface area contributed by atoms with Crippen LogP contribution in [0.2, 0.25) is 0 Å². The van der Waals surface area contributed by atoms with Crippen molar-refractivity contribution in [1.29, 1.82) is 0 Å². The molecule has 0 saturated carbocycles. The molecule has 0 bridgehead atoms. The Bertz CT molecular complexity index is 1140. The van der Waals surface area contributed by atoms with Gasteiger partial charge in [0.1, 0.15) is 0 Å². The molecule has 0 aliphatic rings. The van der Waals surface area contributed by atoms with E-state index in [2.05, 4.69) is 0 Å². The van der Waals surface area contributed by atoms with Crippen LogP contribution in [0.5, 0.6) is 0 Å². The van der Waals surface area contributed by atoms with E-state index in [0.29, 0.717) is 22.3 Å². The summed E-state index contributed by atoms with van der Waals surface area (Å²) in [4.78, 5) is 26.3. The first kappa shape index (κ1) is 23.4. The van der Waals surface area contributed by atoms with Crippen LogP contribution in [0.15, 0.2) is 121 Å². The fourth-order valence-corrected chi connectivity index (χ4v) is 8.93. The normalized spacial score (nSPS) is 12.2. The molecule has 0 unspecified atom stereocenters. The minimum atomic E-state index is -4.46. The third kappa shape index (κ3) is 4.37. The monoisotopic (exact) mass is 470 g/mol. The van der Waals surface area contributed by atoms with E-state index < -0.39 is 19.0 Å². The fourth-order valence-electron chi connectivity index (χ4n) is 4.25. The van der Waals surface area contributed by atoms with Gasteiger partial charge in [-0.3, -0.25) is 0 Å². The van der Waals surface area contributed by atoms with Crippen molar-refractivity contribution in [2.75, 3.05) is 0 Å². The molecule has 34 heavy (non-hydrogen) atoms. The van der Waals surface area contributed by atoms with Gasteiger partial charge in [-0.25, -0.2) is 0 Å². The van der Waals surface area contributed by atoms with Crippen molar-refractivity contribution in [2.24, 2.45) is 0 Å². The van der Waals surface area contributed by atoms with Crippen LogP contribution >= 0.6 is 7.06 Å². The van der Waals surface area contributed by atoms with E-state index in [4.69, 9.17) is 9.05 Å². The van der Waals surface area contributed by atoms with Gasteiger partial charge in [-0.15, -0.1) is 0 Å². The van der Waals surface area contributed by atoms with Crippen LogP contribution in [0.25, 0.3) is 0 Å². The molecule has 5 heteroatoms. The Balaban J connectivity index is 1.95. The van der Waals surface area contributed by atoms with Gasteiger partial charge in [-0.05, 0) is 0 Å². The van der Waals surface area contributed by atoms with Gasteiger partial charge in [0.2, 0.25) is 0 Å². The molecule has 0 aliphatic carbocycles. The summed E-state index contributed by atoms with van der Waals surface area (Å²) in [6, 6.07) is 37.8. The summed E-state index contributed by atoms with van der Waals surface area (Å²) in [7, 11) is -4.46. The maximum absolute atomic E-state index is 13.6. The first-order valence-electron chi connectivity index (χ1n) is 11.2. The van der Waals surface area contributed by atoms with Gasteiger partial charge in [0.05, 0.1) is 0 Å². The summed E-state index contributed by atoms with van der Waals surface area (Å²) in [5.74, 6) is -0.954. The minimum absolute atomic E-state index is 0.148. The van der Waals surface area contributed by atoms with E-state index in [0.717, 1.165) is 5.56 Å². The summed E-state index contributed by atoms with van der Waals surface area (Å²) < 4.78 is 12.9. The number of carbonyl (C=O) groups excluding carboxylic acids is 2. The number of rotatable bonds is 8. The van der Waals surface area contributed by atoms with Gasteiger partial charge in [0.25, 0.3) is 0 Å². The topological polar surface area (TPSA) is 52.6 Å². The van der Waals surface area contributed by atoms with E-state index in [1.165, 1.54) is 6.92 Å². The number of benzene rings is 4. The number of hydrogen-bond donors (Lipinski definition) is 0. The summed E-state index contributed by atoms with van der Waals surface area (Å²) in [6.45, 7) is 1.36. The number of carbonyl (C=O) groups is 2. The molecule has 0 heterocycles. The molecule has 0 radical (unpaired) electrons. The average Bonchev–Trinajstić information content (AvgIpc) is 2.89. The Morgan fingerprint density at radius 2 is 0.971 bits per heavy atom. The van der Waals surface area contributed by atoms with Crippen LogP contribution in [0.1, 0.15) is 18.9 Å². The van der Waals surface area contributed by atoms with Crippen LogP contribution in [-0.4, -0.2) is 11.9 Å². The molecule has 0 aromatic heterocycles. The molecular formula is C29H27O4P. The summed E-state index contributed by atoms with van der Waals surface area (Å²) >= 11 is 0. The Morgan fingerprint density at radius 1 is 0.588 bits per heavy atom. The van der Waals surface area contributed by atoms with Crippen LogP contribution in [-0.2, 0) is 25.1 Å². The first-order valence-corrected chi connectivity index (χ1v) is 13.3. The zero-order valence-corrected chi connectivity index (χ0v) is 19.9. The number of aryl methyl sites for hydroxylation is 1. The second-order valence-corrected chi connectivity index (χ2v) is 11.8. The van der Waals surface area contributed by atoms with Crippen molar-refractivity contribution in [3.63, 3.8) is 0 Å². The van der Waals surface area contributed by atoms with E-state index in [-0.39, 0.29) is 6.42 Å². The molecule has 0 amide bonds. The van der Waals surface area contributed by atoms with Crippen molar-refractivity contribution in [1.82, 2.24) is 0 Å². The molecule has 172 valence electrons. The van der Waals surface area contributed by atoms with Crippen molar-refractivity contribution in [3.8, 4) is 0 Å². The quantitative estimate of drug-likeness (QED) is 0.337. The van der Waals surface area contributed by atoms with Gasteiger partial charge in [-0.2, -0.15) is 0 Å². The zero-order chi connectivity index (χ0) is 23.9. The van der Waals surface area contributed by atoms with Crippen LogP contribution in [0, 0.1) is 0 Å². The fraction of sp³-hybridized carbons (Fsp3) is 0.103. The van der Waals surface area contributed by atoms with Crippen molar-refractivity contribution >= 4 is 34.9 Å². The molecule has 0 saturated heterocycles. The molecule has 0 N–H and O–H groups in total. The van der Waals surface area contributed by atoms with Crippen LogP contribution in [0.4, 0.5) is 0 Å². The summed E-state index contributed by atoms with van der Waals surface area (Å²) in [5, 5.41) is 1.94. The van der Waals surface area contributed by atoms with Gasteiger partial charge in [-0.1, -0.05) is 0 Å². The first-order chi connectivity index (χ1) is 16.5. The van der Waals surface area contributed by atoms with Gasteiger partial charge >= 0.3 is 200 Å². The number of hydrogen-bond acceptors (Lipinski definition) is 4. The molecule has 0 fully saturated rings. The van der Waals surface area contributed by atoms with Crippen molar-refractivity contribution in [3.05, 3.63) is 127 Å². The SMILES string of the molecule is CC(=O)OP(OC(=O)CCc1ccccc1)(c1ccccc1)(c1ccccc1)c1ccccc1. The molecule has 0 spiro atoms. The molecule has 0 atom stereocenters. The van der Waals surface area contributed by atoms with E-state index in [1.807, 2.05) is 121 Å². The molecule has 0 aliphatic heterocycles. The zero-order valence-electron chi connectivity index (χ0n) is 19.0. The van der Waals surface area contributed by atoms with Crippen molar-refractivity contribution in [2.45, 2.75) is 19.8 Å². The second kappa shape index (κ2) is 10.0. The van der Waals surface area contributed by atoms with Crippen LogP contribution in [0.3, 0.4) is 0 Å². The Morgan fingerprint density at radius 3 is 1.35 bits per heavy atom. The summed E-state index contributed by atoms with van der Waals surface area (Å²) in [5.41, 5.74) is 1.03.